The van der Waals surface area contributed by atoms with E-state index in [0.29, 0.717) is 17.3 Å². The van der Waals surface area contributed by atoms with E-state index in [1.54, 1.807) is 0 Å². The van der Waals surface area contributed by atoms with Crippen molar-refractivity contribution in [3.8, 4) is 6.07 Å². The van der Waals surface area contributed by atoms with Crippen LogP contribution in [0.1, 0.15) is 5.56 Å². The Labute approximate surface area is 144 Å². The topological polar surface area (TPSA) is 50.8 Å². The van der Waals surface area contributed by atoms with Crippen molar-refractivity contribution in [2.45, 2.75) is 32.4 Å². The molecule has 4 nitrogen and oxygen atoms in total. The van der Waals surface area contributed by atoms with E-state index >= 15 is 0 Å². The van der Waals surface area contributed by atoms with Crippen LogP contribution in [0.4, 0.5) is 0 Å². The first kappa shape index (κ1) is 16.7. The van der Waals surface area contributed by atoms with Crippen molar-refractivity contribution >= 4 is 53.3 Å². The first-order valence-corrected chi connectivity index (χ1v) is 11.8. The average molecular weight is 434 g/mol. The number of fused-ring (bicyclic) bond motifs is 1. The van der Waals surface area contributed by atoms with Crippen LogP contribution in [0.2, 0.25) is 30.7 Å². The molecule has 0 saturated heterocycles. The molecule has 0 radical (unpaired) electrons. The second kappa shape index (κ2) is 6.65. The maximum atomic E-state index is 9.00. The standard InChI is InChI=1S/C14H17ClIN3OSi/c1-21(2,3)5-4-20-9-19-12(16)6-11-13(15)10(7-17)8-18-14(11)19/h6,8H,4-5,9H2,1-3H3. The summed E-state index contributed by atoms with van der Waals surface area (Å²) < 4.78 is 8.76. The molecule has 0 N–H and O–H groups in total. The summed E-state index contributed by atoms with van der Waals surface area (Å²) in [6.45, 7) is 8.21. The molecule has 0 spiro atoms. The number of aromatic nitrogens is 2. The van der Waals surface area contributed by atoms with Crippen LogP contribution in [-0.2, 0) is 11.5 Å². The third kappa shape index (κ3) is 3.97. The molecule has 0 saturated carbocycles. The van der Waals surface area contributed by atoms with Crippen molar-refractivity contribution in [1.82, 2.24) is 9.55 Å². The smallest absolute Gasteiger partial charge is 0.144 e. The van der Waals surface area contributed by atoms with Gasteiger partial charge in [0.15, 0.2) is 0 Å². The molecule has 112 valence electrons. The van der Waals surface area contributed by atoms with E-state index < -0.39 is 8.07 Å². The first-order valence-electron chi connectivity index (χ1n) is 6.64. The summed E-state index contributed by atoms with van der Waals surface area (Å²) in [6.07, 6.45) is 1.51. The van der Waals surface area contributed by atoms with Crippen LogP contribution in [0, 0.1) is 15.0 Å². The average Bonchev–Trinajstić information content (AvgIpc) is 2.71. The Morgan fingerprint density at radius 1 is 1.48 bits per heavy atom. The highest BCUT2D eigenvalue weighted by Gasteiger charge is 2.15. The molecule has 0 bridgehead atoms. The zero-order chi connectivity index (χ0) is 15.6. The summed E-state index contributed by atoms with van der Waals surface area (Å²) in [4.78, 5) is 4.34. The Bertz CT molecular complexity index is 703. The van der Waals surface area contributed by atoms with Crippen molar-refractivity contribution < 1.29 is 4.74 Å². The lowest BCUT2D eigenvalue weighted by Gasteiger charge is -2.16. The summed E-state index contributed by atoms with van der Waals surface area (Å²) in [5.41, 5.74) is 1.16. The van der Waals surface area contributed by atoms with Crippen LogP contribution in [0.5, 0.6) is 0 Å². The molecule has 21 heavy (non-hydrogen) atoms. The molecule has 0 aliphatic rings. The van der Waals surface area contributed by atoms with Gasteiger partial charge in [0.1, 0.15) is 18.4 Å². The molecular weight excluding hydrogens is 417 g/mol. The van der Waals surface area contributed by atoms with Gasteiger partial charge in [-0.2, -0.15) is 5.26 Å². The minimum absolute atomic E-state index is 0.400. The number of rotatable bonds is 5. The minimum Gasteiger partial charge on any atom is -0.361 e. The molecule has 0 unspecified atom stereocenters. The molecule has 7 heteroatoms. The van der Waals surface area contributed by atoms with Gasteiger partial charge in [0.2, 0.25) is 0 Å². The van der Waals surface area contributed by atoms with Gasteiger partial charge in [0.25, 0.3) is 0 Å². The van der Waals surface area contributed by atoms with Crippen LogP contribution in [0.15, 0.2) is 12.3 Å². The second-order valence-electron chi connectivity index (χ2n) is 6.08. The molecule has 0 aliphatic heterocycles. The summed E-state index contributed by atoms with van der Waals surface area (Å²) in [7, 11) is -1.08. The Hall–Kier alpha value is -0.623. The molecule has 0 fully saturated rings. The highest BCUT2D eigenvalue weighted by molar-refractivity contribution is 14.1. The molecule has 0 atom stereocenters. The zero-order valence-corrected chi connectivity index (χ0v) is 16.2. The maximum absolute atomic E-state index is 9.00. The lowest BCUT2D eigenvalue weighted by molar-refractivity contribution is 0.0883. The fourth-order valence-corrected chi connectivity index (χ4v) is 3.54. The number of halogens is 2. The molecule has 2 heterocycles. The third-order valence-corrected chi connectivity index (χ3v) is 6.15. The van der Waals surface area contributed by atoms with Crippen molar-refractivity contribution in [2.75, 3.05) is 6.61 Å². The van der Waals surface area contributed by atoms with E-state index in [1.807, 2.05) is 10.6 Å². The maximum Gasteiger partial charge on any atom is 0.144 e. The number of pyridine rings is 1. The molecule has 0 aromatic carbocycles. The van der Waals surface area contributed by atoms with E-state index in [1.165, 1.54) is 6.20 Å². The van der Waals surface area contributed by atoms with Gasteiger partial charge in [-0.25, -0.2) is 4.98 Å². The van der Waals surface area contributed by atoms with Crippen molar-refractivity contribution in [3.05, 3.63) is 26.5 Å². The molecule has 2 rings (SSSR count). The number of hydrogen-bond donors (Lipinski definition) is 0. The van der Waals surface area contributed by atoms with E-state index in [9.17, 15) is 0 Å². The number of nitrogens with zero attached hydrogens (tertiary/aromatic N) is 3. The number of hydrogen-bond acceptors (Lipinski definition) is 3. The van der Waals surface area contributed by atoms with Gasteiger partial charge in [-0.15, -0.1) is 0 Å². The van der Waals surface area contributed by atoms with Gasteiger partial charge in [0, 0.05) is 26.3 Å². The third-order valence-electron chi connectivity index (χ3n) is 3.14. The lowest BCUT2D eigenvalue weighted by atomic mass is 10.2. The van der Waals surface area contributed by atoms with Gasteiger partial charge in [-0.05, 0) is 34.7 Å². The zero-order valence-electron chi connectivity index (χ0n) is 12.3. The van der Waals surface area contributed by atoms with Crippen molar-refractivity contribution in [3.63, 3.8) is 0 Å². The fraction of sp³-hybridized carbons (Fsp3) is 0.429. The molecule has 0 amide bonds. The van der Waals surface area contributed by atoms with Gasteiger partial charge >= 0.3 is 0 Å². The minimum atomic E-state index is -1.08. The van der Waals surface area contributed by atoms with E-state index in [0.717, 1.165) is 27.4 Å². The Morgan fingerprint density at radius 2 is 2.19 bits per heavy atom. The van der Waals surface area contributed by atoms with Crippen LogP contribution >= 0.6 is 34.2 Å². The SMILES string of the molecule is C[Si](C)(C)CCOCn1c(I)cc2c(Cl)c(C#N)cnc21. The van der Waals surface area contributed by atoms with Crippen LogP contribution in [-0.4, -0.2) is 24.2 Å². The van der Waals surface area contributed by atoms with E-state index in [-0.39, 0.29) is 0 Å². The van der Waals surface area contributed by atoms with Crippen LogP contribution < -0.4 is 0 Å². The number of ether oxygens (including phenoxy) is 1. The predicted octanol–water partition coefficient (Wildman–Crippen LogP) is 4.48. The monoisotopic (exact) mass is 433 g/mol. The first-order chi connectivity index (χ1) is 9.83. The Kier molecular flexibility index (Phi) is 5.30. The molecule has 0 aliphatic carbocycles. The predicted molar refractivity (Wildman–Crippen MR) is 96.3 cm³/mol. The van der Waals surface area contributed by atoms with Gasteiger partial charge < -0.3 is 4.74 Å². The van der Waals surface area contributed by atoms with E-state index in [2.05, 4.69) is 53.3 Å². The second-order valence-corrected chi connectivity index (χ2v) is 13.2. The highest BCUT2D eigenvalue weighted by Crippen LogP contribution is 2.29. The molecular formula is C14H17ClIN3OSi. The van der Waals surface area contributed by atoms with Crippen LogP contribution in [0.3, 0.4) is 0 Å². The van der Waals surface area contributed by atoms with Crippen LogP contribution in [0.25, 0.3) is 11.0 Å². The fourth-order valence-electron chi connectivity index (χ4n) is 1.87. The molecule has 2 aromatic rings. The Morgan fingerprint density at radius 3 is 2.81 bits per heavy atom. The summed E-state index contributed by atoms with van der Waals surface area (Å²) >= 11 is 8.47. The van der Waals surface area contributed by atoms with E-state index in [4.69, 9.17) is 21.6 Å². The largest absolute Gasteiger partial charge is 0.361 e. The van der Waals surface area contributed by atoms with Crippen molar-refractivity contribution in [2.24, 2.45) is 0 Å². The van der Waals surface area contributed by atoms with Crippen molar-refractivity contribution in [1.29, 1.82) is 5.26 Å². The lowest BCUT2D eigenvalue weighted by Crippen LogP contribution is -2.22. The highest BCUT2D eigenvalue weighted by atomic mass is 127. The quantitative estimate of drug-likeness (QED) is 0.397. The van der Waals surface area contributed by atoms with Gasteiger partial charge in [0.05, 0.1) is 14.3 Å². The van der Waals surface area contributed by atoms with Gasteiger partial charge in [-0.3, -0.25) is 4.57 Å². The summed E-state index contributed by atoms with van der Waals surface area (Å²) in [5, 5.41) is 10.3. The number of nitriles is 1. The molecule has 2 aromatic heterocycles. The van der Waals surface area contributed by atoms with Gasteiger partial charge in [-0.1, -0.05) is 31.2 Å². The summed E-state index contributed by atoms with van der Waals surface area (Å²) in [6, 6.07) is 5.13. The Balaban J connectivity index is 2.19. The summed E-state index contributed by atoms with van der Waals surface area (Å²) in [5.74, 6) is 0. The normalized spacial score (nSPS) is 11.8.